The number of benzene rings is 1. The molecule has 6 heteroatoms. The summed E-state index contributed by atoms with van der Waals surface area (Å²) in [5.41, 5.74) is 4.10. The third kappa shape index (κ3) is 2.14. The monoisotopic (exact) mass is 333 g/mol. The number of fused-ring (bicyclic) bond motifs is 1. The van der Waals surface area contributed by atoms with E-state index in [0.29, 0.717) is 6.54 Å². The Hall–Kier alpha value is -1.66. The van der Waals surface area contributed by atoms with Gasteiger partial charge in [0.2, 0.25) is 0 Å². The van der Waals surface area contributed by atoms with Crippen LogP contribution in [0.2, 0.25) is 0 Å². The molecule has 0 aliphatic rings. The number of rotatable bonds is 3. The summed E-state index contributed by atoms with van der Waals surface area (Å²) in [4.78, 5) is 12.4. The molecule has 0 amide bonds. The number of nitrogens with zero attached hydrogens (tertiary/aromatic N) is 3. The first kappa shape index (κ1) is 13.3. The number of hydrogen-bond donors (Lipinski definition) is 2. The SMILES string of the molecule is CNCc1nc(-c2ccc3c(c2)nc(C)n3C)c(Br)[nH]1. The number of nitrogens with one attached hydrogen (secondary N) is 2. The average Bonchev–Trinajstić information content (AvgIpc) is 2.91. The summed E-state index contributed by atoms with van der Waals surface area (Å²) in [7, 11) is 3.93. The van der Waals surface area contributed by atoms with Gasteiger partial charge in [0.1, 0.15) is 21.9 Å². The van der Waals surface area contributed by atoms with Gasteiger partial charge < -0.3 is 14.9 Å². The minimum absolute atomic E-state index is 0.712. The Kier molecular flexibility index (Phi) is 3.35. The zero-order valence-electron chi connectivity index (χ0n) is 11.7. The van der Waals surface area contributed by atoms with Crippen molar-refractivity contribution in [3.63, 3.8) is 0 Å². The molecule has 1 aromatic carbocycles. The Balaban J connectivity index is 2.10. The van der Waals surface area contributed by atoms with Crippen LogP contribution in [0.5, 0.6) is 0 Å². The topological polar surface area (TPSA) is 58.5 Å². The molecule has 0 unspecified atom stereocenters. The van der Waals surface area contributed by atoms with Crippen LogP contribution in [0, 0.1) is 6.92 Å². The molecular formula is C14H16BrN5. The van der Waals surface area contributed by atoms with Gasteiger partial charge in [-0.3, -0.25) is 0 Å². The van der Waals surface area contributed by atoms with Gasteiger partial charge in [-0.2, -0.15) is 0 Å². The number of aromatic amines is 1. The maximum Gasteiger partial charge on any atom is 0.121 e. The second-order valence-corrected chi connectivity index (χ2v) is 5.59. The molecule has 2 N–H and O–H groups in total. The highest BCUT2D eigenvalue weighted by Gasteiger charge is 2.12. The molecule has 0 spiro atoms. The maximum atomic E-state index is 4.61. The van der Waals surface area contributed by atoms with Crippen LogP contribution >= 0.6 is 15.9 Å². The lowest BCUT2D eigenvalue weighted by molar-refractivity contribution is 0.771. The standard InChI is InChI=1S/C14H16BrN5/c1-8-17-10-6-9(4-5-11(10)20(8)3)13-14(15)19-12(18-13)7-16-2/h4-6,16H,7H2,1-3H3,(H,18,19). The van der Waals surface area contributed by atoms with Crippen LogP contribution in [0.4, 0.5) is 0 Å². The molecule has 0 aliphatic heterocycles. The predicted octanol–water partition coefficient (Wildman–Crippen LogP) is 2.75. The minimum atomic E-state index is 0.712. The Morgan fingerprint density at radius 1 is 1.35 bits per heavy atom. The maximum absolute atomic E-state index is 4.61. The number of H-pyrrole nitrogens is 1. The number of aryl methyl sites for hydroxylation is 2. The molecule has 0 fully saturated rings. The van der Waals surface area contributed by atoms with Crippen LogP contribution in [0.25, 0.3) is 22.3 Å². The van der Waals surface area contributed by atoms with Crippen molar-refractivity contribution in [3.05, 3.63) is 34.5 Å². The van der Waals surface area contributed by atoms with Crippen LogP contribution in [0.3, 0.4) is 0 Å². The summed E-state index contributed by atoms with van der Waals surface area (Å²) < 4.78 is 2.99. The lowest BCUT2D eigenvalue weighted by Crippen LogP contribution is -2.06. The van der Waals surface area contributed by atoms with Crippen molar-refractivity contribution in [1.82, 2.24) is 24.8 Å². The highest BCUT2D eigenvalue weighted by Crippen LogP contribution is 2.28. The van der Waals surface area contributed by atoms with Gasteiger partial charge in [0.25, 0.3) is 0 Å². The highest BCUT2D eigenvalue weighted by molar-refractivity contribution is 9.10. The van der Waals surface area contributed by atoms with E-state index >= 15 is 0 Å². The zero-order valence-corrected chi connectivity index (χ0v) is 13.2. The van der Waals surface area contributed by atoms with E-state index in [0.717, 1.165) is 38.5 Å². The number of hydrogen-bond acceptors (Lipinski definition) is 3. The molecule has 0 atom stereocenters. The van der Waals surface area contributed by atoms with Gasteiger partial charge in [0.15, 0.2) is 0 Å². The zero-order chi connectivity index (χ0) is 14.3. The Bertz CT molecular complexity index is 771. The summed E-state index contributed by atoms with van der Waals surface area (Å²) in [6.45, 7) is 2.72. The van der Waals surface area contributed by atoms with Crippen LogP contribution in [-0.4, -0.2) is 26.6 Å². The molecule has 0 saturated heterocycles. The van der Waals surface area contributed by atoms with Crippen molar-refractivity contribution in [2.45, 2.75) is 13.5 Å². The first-order valence-electron chi connectivity index (χ1n) is 6.42. The van der Waals surface area contributed by atoms with Gasteiger partial charge in [0, 0.05) is 12.6 Å². The van der Waals surface area contributed by atoms with E-state index in [9.17, 15) is 0 Å². The van der Waals surface area contributed by atoms with Gasteiger partial charge in [-0.15, -0.1) is 0 Å². The smallest absolute Gasteiger partial charge is 0.121 e. The molecule has 20 heavy (non-hydrogen) atoms. The Morgan fingerprint density at radius 2 is 2.15 bits per heavy atom. The van der Waals surface area contributed by atoms with E-state index in [1.54, 1.807) is 0 Å². The average molecular weight is 334 g/mol. The summed E-state index contributed by atoms with van der Waals surface area (Å²) in [5.74, 6) is 1.92. The van der Waals surface area contributed by atoms with Crippen molar-refractivity contribution in [2.24, 2.45) is 7.05 Å². The first-order valence-corrected chi connectivity index (χ1v) is 7.22. The first-order chi connectivity index (χ1) is 9.60. The van der Waals surface area contributed by atoms with Crippen molar-refractivity contribution in [1.29, 1.82) is 0 Å². The molecule has 0 bridgehead atoms. The van der Waals surface area contributed by atoms with Gasteiger partial charge >= 0.3 is 0 Å². The van der Waals surface area contributed by atoms with Crippen LogP contribution in [0.1, 0.15) is 11.6 Å². The Labute approximate surface area is 125 Å². The van der Waals surface area contributed by atoms with Gasteiger partial charge in [-0.05, 0) is 42.0 Å². The molecule has 5 nitrogen and oxygen atoms in total. The molecule has 0 aliphatic carbocycles. The normalized spacial score (nSPS) is 11.4. The van der Waals surface area contributed by atoms with E-state index < -0.39 is 0 Å². The van der Waals surface area contributed by atoms with E-state index in [2.05, 4.69) is 59.0 Å². The fourth-order valence-corrected chi connectivity index (χ4v) is 2.85. The number of halogens is 1. The lowest BCUT2D eigenvalue weighted by Gasteiger charge is -1.99. The fourth-order valence-electron chi connectivity index (χ4n) is 2.31. The van der Waals surface area contributed by atoms with Gasteiger partial charge in [0.05, 0.1) is 17.6 Å². The third-order valence-corrected chi connectivity index (χ3v) is 4.00. The minimum Gasteiger partial charge on any atom is -0.335 e. The number of imidazole rings is 2. The second-order valence-electron chi connectivity index (χ2n) is 4.80. The van der Waals surface area contributed by atoms with Gasteiger partial charge in [-0.25, -0.2) is 9.97 Å². The predicted molar refractivity (Wildman–Crippen MR) is 83.5 cm³/mol. The van der Waals surface area contributed by atoms with Crippen molar-refractivity contribution in [2.75, 3.05) is 7.05 Å². The van der Waals surface area contributed by atoms with E-state index in [-0.39, 0.29) is 0 Å². The largest absolute Gasteiger partial charge is 0.335 e. The quantitative estimate of drug-likeness (QED) is 0.774. The van der Waals surface area contributed by atoms with Crippen LogP contribution in [0.15, 0.2) is 22.8 Å². The summed E-state index contributed by atoms with van der Waals surface area (Å²) >= 11 is 3.54. The van der Waals surface area contributed by atoms with E-state index in [1.807, 2.05) is 21.0 Å². The molecule has 2 heterocycles. The van der Waals surface area contributed by atoms with Crippen LogP contribution in [-0.2, 0) is 13.6 Å². The van der Waals surface area contributed by atoms with Gasteiger partial charge in [-0.1, -0.05) is 6.07 Å². The second kappa shape index (κ2) is 5.03. The molecule has 0 saturated carbocycles. The summed E-state index contributed by atoms with van der Waals surface area (Å²) in [6, 6.07) is 6.24. The number of aromatic nitrogens is 4. The molecule has 104 valence electrons. The third-order valence-electron chi connectivity index (χ3n) is 3.43. The Morgan fingerprint density at radius 3 is 2.90 bits per heavy atom. The molecule has 3 aromatic rings. The van der Waals surface area contributed by atoms with Crippen molar-refractivity contribution < 1.29 is 0 Å². The lowest BCUT2D eigenvalue weighted by atomic mass is 10.1. The van der Waals surface area contributed by atoms with Crippen LogP contribution < -0.4 is 5.32 Å². The molecule has 0 radical (unpaired) electrons. The van der Waals surface area contributed by atoms with E-state index in [1.165, 1.54) is 0 Å². The van der Waals surface area contributed by atoms with Crippen molar-refractivity contribution >= 4 is 27.0 Å². The summed E-state index contributed by atoms with van der Waals surface area (Å²) in [5, 5.41) is 3.09. The fraction of sp³-hybridized carbons (Fsp3) is 0.286. The molecule has 3 rings (SSSR count). The van der Waals surface area contributed by atoms with E-state index in [4.69, 9.17) is 0 Å². The molecule has 2 aromatic heterocycles. The summed E-state index contributed by atoms with van der Waals surface area (Å²) in [6.07, 6.45) is 0. The van der Waals surface area contributed by atoms with Crippen molar-refractivity contribution in [3.8, 4) is 11.3 Å². The highest BCUT2D eigenvalue weighted by atomic mass is 79.9. The molecular weight excluding hydrogens is 318 g/mol.